The minimum Gasteiger partial charge on any atom is -0.0596 e. The molecule has 98 valence electrons. The maximum absolute atomic E-state index is 2.67. The SMILES string of the molecule is CC1(C)CCC(C)(C2CCCC2)C2CCCC21. The van der Waals surface area contributed by atoms with E-state index >= 15 is 0 Å². The van der Waals surface area contributed by atoms with E-state index in [4.69, 9.17) is 0 Å². The zero-order chi connectivity index (χ0) is 12.1. The number of rotatable bonds is 1. The van der Waals surface area contributed by atoms with E-state index in [1.54, 1.807) is 19.3 Å². The van der Waals surface area contributed by atoms with Gasteiger partial charge in [0, 0.05) is 0 Å². The number of hydrogen-bond acceptors (Lipinski definition) is 0. The second-order valence-electron chi connectivity index (χ2n) is 8.12. The second-order valence-corrected chi connectivity index (χ2v) is 8.12. The molecule has 0 radical (unpaired) electrons. The van der Waals surface area contributed by atoms with Crippen LogP contribution in [0.3, 0.4) is 0 Å². The minimum atomic E-state index is 0.638. The van der Waals surface area contributed by atoms with Crippen molar-refractivity contribution in [2.45, 2.75) is 78.6 Å². The van der Waals surface area contributed by atoms with Gasteiger partial charge in [-0.3, -0.25) is 0 Å². The van der Waals surface area contributed by atoms with E-state index in [0.717, 1.165) is 17.8 Å². The van der Waals surface area contributed by atoms with E-state index in [9.17, 15) is 0 Å². The maximum Gasteiger partial charge on any atom is -0.0266 e. The molecule has 0 nitrogen and oxygen atoms in total. The summed E-state index contributed by atoms with van der Waals surface area (Å²) in [7, 11) is 0. The molecule has 0 N–H and O–H groups in total. The third-order valence-electron chi connectivity index (χ3n) is 6.96. The first kappa shape index (κ1) is 12.1. The molecule has 0 aromatic heterocycles. The number of fused-ring (bicyclic) bond motifs is 1. The van der Waals surface area contributed by atoms with Gasteiger partial charge in [0.15, 0.2) is 0 Å². The monoisotopic (exact) mass is 234 g/mol. The van der Waals surface area contributed by atoms with Crippen LogP contribution in [0.1, 0.15) is 78.6 Å². The first-order chi connectivity index (χ1) is 8.04. The van der Waals surface area contributed by atoms with Crippen LogP contribution in [0.2, 0.25) is 0 Å². The lowest BCUT2D eigenvalue weighted by molar-refractivity contribution is -0.0454. The Balaban J connectivity index is 1.86. The molecule has 0 spiro atoms. The average molecular weight is 234 g/mol. The smallest absolute Gasteiger partial charge is 0.0266 e. The Labute approximate surface area is 108 Å². The highest BCUT2D eigenvalue weighted by Crippen LogP contribution is 2.63. The molecule has 0 bridgehead atoms. The minimum absolute atomic E-state index is 0.638. The highest BCUT2D eigenvalue weighted by Gasteiger charge is 2.54. The summed E-state index contributed by atoms with van der Waals surface area (Å²) in [5.74, 6) is 3.18. The maximum atomic E-state index is 2.67. The fourth-order valence-corrected chi connectivity index (χ4v) is 5.74. The molecule has 3 rings (SSSR count). The predicted molar refractivity (Wildman–Crippen MR) is 73.9 cm³/mol. The molecule has 3 unspecified atom stereocenters. The van der Waals surface area contributed by atoms with Crippen LogP contribution in [0.15, 0.2) is 0 Å². The van der Waals surface area contributed by atoms with Crippen LogP contribution in [0.25, 0.3) is 0 Å². The largest absolute Gasteiger partial charge is 0.0596 e. The molecule has 3 saturated carbocycles. The van der Waals surface area contributed by atoms with E-state index in [0.29, 0.717) is 10.8 Å². The normalized spacial score (nSPS) is 46.1. The van der Waals surface area contributed by atoms with Gasteiger partial charge in [-0.2, -0.15) is 0 Å². The molecule has 0 saturated heterocycles. The second kappa shape index (κ2) is 4.00. The van der Waals surface area contributed by atoms with Crippen molar-refractivity contribution in [3.8, 4) is 0 Å². The van der Waals surface area contributed by atoms with E-state index < -0.39 is 0 Å². The van der Waals surface area contributed by atoms with Gasteiger partial charge >= 0.3 is 0 Å². The standard InChI is InChI=1S/C17H30/c1-16(2)11-12-17(3,13-7-4-5-8-13)15-10-6-9-14(15)16/h13-15H,4-12H2,1-3H3. The summed E-state index contributed by atoms with van der Waals surface area (Å²) in [5, 5.41) is 0. The zero-order valence-corrected chi connectivity index (χ0v) is 12.1. The average Bonchev–Trinajstić information content (AvgIpc) is 2.94. The van der Waals surface area contributed by atoms with Gasteiger partial charge in [-0.25, -0.2) is 0 Å². The van der Waals surface area contributed by atoms with Gasteiger partial charge < -0.3 is 0 Å². The van der Waals surface area contributed by atoms with Crippen LogP contribution in [0, 0.1) is 28.6 Å². The molecule has 0 heterocycles. The van der Waals surface area contributed by atoms with Crippen molar-refractivity contribution in [2.75, 3.05) is 0 Å². The van der Waals surface area contributed by atoms with Crippen molar-refractivity contribution in [2.24, 2.45) is 28.6 Å². The topological polar surface area (TPSA) is 0 Å². The lowest BCUT2D eigenvalue weighted by atomic mass is 9.51. The van der Waals surface area contributed by atoms with Crippen molar-refractivity contribution < 1.29 is 0 Å². The van der Waals surface area contributed by atoms with Gasteiger partial charge in [-0.05, 0) is 67.1 Å². The Hall–Kier alpha value is 0. The molecule has 0 aromatic rings. The predicted octanol–water partition coefficient (Wildman–Crippen LogP) is 5.42. The van der Waals surface area contributed by atoms with Crippen LogP contribution < -0.4 is 0 Å². The fraction of sp³-hybridized carbons (Fsp3) is 1.00. The van der Waals surface area contributed by atoms with Crippen LogP contribution in [-0.4, -0.2) is 0 Å². The van der Waals surface area contributed by atoms with Crippen molar-refractivity contribution in [3.05, 3.63) is 0 Å². The molecule has 0 heteroatoms. The quantitative estimate of drug-likeness (QED) is 0.568. The van der Waals surface area contributed by atoms with Gasteiger partial charge in [-0.15, -0.1) is 0 Å². The van der Waals surface area contributed by atoms with Gasteiger partial charge in [-0.1, -0.05) is 40.0 Å². The first-order valence-electron chi connectivity index (χ1n) is 8.04. The lowest BCUT2D eigenvalue weighted by Crippen LogP contribution is -2.46. The number of hydrogen-bond donors (Lipinski definition) is 0. The fourth-order valence-electron chi connectivity index (χ4n) is 5.74. The molecule has 3 aliphatic rings. The molecule has 0 aliphatic heterocycles. The van der Waals surface area contributed by atoms with Crippen LogP contribution in [0.4, 0.5) is 0 Å². The Morgan fingerprint density at radius 3 is 2.06 bits per heavy atom. The third kappa shape index (κ3) is 1.78. The Morgan fingerprint density at radius 1 is 0.706 bits per heavy atom. The van der Waals surface area contributed by atoms with Gasteiger partial charge in [0.25, 0.3) is 0 Å². The summed E-state index contributed by atoms with van der Waals surface area (Å²) in [6, 6.07) is 0. The van der Waals surface area contributed by atoms with E-state index in [2.05, 4.69) is 20.8 Å². The van der Waals surface area contributed by atoms with E-state index in [-0.39, 0.29) is 0 Å². The zero-order valence-electron chi connectivity index (χ0n) is 12.1. The van der Waals surface area contributed by atoms with Gasteiger partial charge in [0.2, 0.25) is 0 Å². The Morgan fingerprint density at radius 2 is 1.35 bits per heavy atom. The van der Waals surface area contributed by atoms with Crippen LogP contribution in [-0.2, 0) is 0 Å². The van der Waals surface area contributed by atoms with Crippen LogP contribution >= 0.6 is 0 Å². The Bertz CT molecular complexity index is 284. The third-order valence-corrected chi connectivity index (χ3v) is 6.96. The molecule has 3 fully saturated rings. The molecular formula is C17H30. The highest BCUT2D eigenvalue weighted by molar-refractivity contribution is 5.03. The molecule has 3 atom stereocenters. The molecule has 0 aromatic carbocycles. The summed E-state index contributed by atoms with van der Waals surface area (Å²) in [4.78, 5) is 0. The summed E-state index contributed by atoms with van der Waals surface area (Å²) >= 11 is 0. The van der Waals surface area contributed by atoms with Crippen molar-refractivity contribution >= 4 is 0 Å². The van der Waals surface area contributed by atoms with Gasteiger partial charge in [0.05, 0.1) is 0 Å². The molecule has 0 amide bonds. The van der Waals surface area contributed by atoms with Crippen molar-refractivity contribution in [3.63, 3.8) is 0 Å². The van der Waals surface area contributed by atoms with Crippen LogP contribution in [0.5, 0.6) is 0 Å². The molecular weight excluding hydrogens is 204 g/mol. The summed E-state index contributed by atoms with van der Waals surface area (Å²) in [5.41, 5.74) is 1.35. The van der Waals surface area contributed by atoms with E-state index in [1.807, 2.05) is 0 Å². The molecule has 3 aliphatic carbocycles. The van der Waals surface area contributed by atoms with Gasteiger partial charge in [0.1, 0.15) is 0 Å². The van der Waals surface area contributed by atoms with Crippen molar-refractivity contribution in [1.82, 2.24) is 0 Å². The van der Waals surface area contributed by atoms with Crippen molar-refractivity contribution in [1.29, 1.82) is 0 Å². The summed E-state index contributed by atoms with van der Waals surface area (Å²) in [6.07, 6.45) is 13.7. The first-order valence-corrected chi connectivity index (χ1v) is 8.04. The lowest BCUT2D eigenvalue weighted by Gasteiger charge is -2.54. The summed E-state index contributed by atoms with van der Waals surface area (Å²) in [6.45, 7) is 7.76. The highest BCUT2D eigenvalue weighted by atomic mass is 14.6. The molecule has 17 heavy (non-hydrogen) atoms. The summed E-state index contributed by atoms with van der Waals surface area (Å²) < 4.78 is 0. The Kier molecular flexibility index (Phi) is 2.84. The van der Waals surface area contributed by atoms with E-state index in [1.165, 1.54) is 38.5 Å².